The van der Waals surface area contributed by atoms with Gasteiger partial charge in [0.2, 0.25) is 0 Å². The van der Waals surface area contributed by atoms with Crippen LogP contribution in [0.1, 0.15) is 34.9 Å². The van der Waals surface area contributed by atoms with Crippen LogP contribution in [0.5, 0.6) is 5.75 Å². The number of nitrogens with one attached hydrogen (secondary N) is 2. The highest BCUT2D eigenvalue weighted by molar-refractivity contribution is 7.17. The number of benzene rings is 1. The number of hydrogen-bond acceptors (Lipinski definition) is 7. The Kier molecular flexibility index (Phi) is 4.96. The number of carbonyl (C=O) groups is 1. The molecule has 5 rings (SSSR count). The number of amides is 1. The lowest BCUT2D eigenvalue weighted by atomic mass is 9.94. The Morgan fingerprint density at radius 1 is 1.21 bits per heavy atom. The van der Waals surface area contributed by atoms with Crippen molar-refractivity contribution >= 4 is 39.4 Å². The minimum atomic E-state index is -4.48. The average molecular weight is 475 g/mol. The van der Waals surface area contributed by atoms with E-state index in [0.717, 1.165) is 23.6 Å². The van der Waals surface area contributed by atoms with Crippen LogP contribution in [0.3, 0.4) is 0 Å². The molecular formula is C22H20F3N5O2S. The predicted molar refractivity (Wildman–Crippen MR) is 119 cm³/mol. The van der Waals surface area contributed by atoms with E-state index >= 15 is 0 Å². The number of carbonyl (C=O) groups excluding carboxylic acids is 1. The summed E-state index contributed by atoms with van der Waals surface area (Å²) in [7, 11) is 0. The zero-order valence-corrected chi connectivity index (χ0v) is 18.6. The quantitative estimate of drug-likeness (QED) is 0.561. The molecule has 0 saturated heterocycles. The van der Waals surface area contributed by atoms with Gasteiger partial charge in [0.15, 0.2) is 5.13 Å². The zero-order chi connectivity index (χ0) is 23.4. The predicted octanol–water partition coefficient (Wildman–Crippen LogP) is 4.90. The second-order valence-electron chi connectivity index (χ2n) is 8.52. The Morgan fingerprint density at radius 2 is 2.00 bits per heavy atom. The van der Waals surface area contributed by atoms with E-state index in [2.05, 4.69) is 15.6 Å². The molecule has 2 N–H and O–H groups in total. The van der Waals surface area contributed by atoms with Crippen molar-refractivity contribution in [1.82, 2.24) is 15.3 Å². The molecule has 4 heterocycles. The SMILES string of the molecule is CC1(C)Cc2nc(N3CCOc4ccc(Nc5ccc(C(F)(F)F)nc5)cc43)sc2C(=O)N1. The summed E-state index contributed by atoms with van der Waals surface area (Å²) in [6.45, 7) is 4.94. The number of aromatic nitrogens is 2. The smallest absolute Gasteiger partial charge is 0.433 e. The van der Waals surface area contributed by atoms with E-state index in [1.807, 2.05) is 24.8 Å². The number of pyridine rings is 1. The van der Waals surface area contributed by atoms with E-state index < -0.39 is 11.9 Å². The molecular weight excluding hydrogens is 455 g/mol. The monoisotopic (exact) mass is 475 g/mol. The molecule has 1 aromatic carbocycles. The van der Waals surface area contributed by atoms with E-state index in [4.69, 9.17) is 9.72 Å². The number of nitrogens with zero attached hydrogens (tertiary/aromatic N) is 3. The summed E-state index contributed by atoms with van der Waals surface area (Å²) in [6, 6.07) is 7.69. The third-order valence-corrected chi connectivity index (χ3v) is 6.47. The molecule has 0 saturated carbocycles. The Hall–Kier alpha value is -3.34. The summed E-state index contributed by atoms with van der Waals surface area (Å²) in [5.74, 6) is 0.541. The van der Waals surface area contributed by atoms with Gasteiger partial charge < -0.3 is 20.3 Å². The van der Waals surface area contributed by atoms with Gasteiger partial charge in [0, 0.05) is 17.6 Å². The highest BCUT2D eigenvalue weighted by Crippen LogP contribution is 2.42. The first-order valence-corrected chi connectivity index (χ1v) is 11.1. The Labute approximate surface area is 191 Å². The molecule has 0 atom stereocenters. The molecule has 0 fully saturated rings. The van der Waals surface area contributed by atoms with Gasteiger partial charge in [-0.25, -0.2) is 9.97 Å². The van der Waals surface area contributed by atoms with E-state index in [1.54, 1.807) is 12.1 Å². The van der Waals surface area contributed by atoms with Crippen molar-refractivity contribution < 1.29 is 22.7 Å². The number of fused-ring (bicyclic) bond motifs is 2. The highest BCUT2D eigenvalue weighted by atomic mass is 32.1. The fourth-order valence-electron chi connectivity index (χ4n) is 3.88. The number of anilines is 4. The first-order valence-electron chi connectivity index (χ1n) is 10.3. The van der Waals surface area contributed by atoms with E-state index in [1.165, 1.54) is 17.4 Å². The van der Waals surface area contributed by atoms with Crippen LogP contribution in [-0.2, 0) is 12.6 Å². The molecule has 0 unspecified atom stereocenters. The van der Waals surface area contributed by atoms with Crippen molar-refractivity contribution in [2.24, 2.45) is 0 Å². The Bertz CT molecular complexity index is 1220. The van der Waals surface area contributed by atoms with E-state index in [0.29, 0.717) is 46.7 Å². The van der Waals surface area contributed by atoms with Gasteiger partial charge in [0.1, 0.15) is 22.9 Å². The summed E-state index contributed by atoms with van der Waals surface area (Å²) < 4.78 is 44.1. The van der Waals surface area contributed by atoms with E-state index in [9.17, 15) is 18.0 Å². The van der Waals surface area contributed by atoms with Gasteiger partial charge in [-0.2, -0.15) is 13.2 Å². The lowest BCUT2D eigenvalue weighted by Crippen LogP contribution is -2.48. The molecule has 1 amide bonds. The van der Waals surface area contributed by atoms with Crippen LogP contribution in [0.4, 0.5) is 35.4 Å². The highest BCUT2D eigenvalue weighted by Gasteiger charge is 2.35. The first kappa shape index (κ1) is 21.5. The van der Waals surface area contributed by atoms with Crippen LogP contribution in [0, 0.1) is 0 Å². The molecule has 172 valence electrons. The molecule has 0 aliphatic carbocycles. The largest absolute Gasteiger partial charge is 0.490 e. The summed E-state index contributed by atoms with van der Waals surface area (Å²) in [5, 5.41) is 6.78. The number of ether oxygens (including phenoxy) is 1. The second-order valence-corrected chi connectivity index (χ2v) is 9.50. The maximum atomic E-state index is 12.8. The molecule has 2 aliphatic heterocycles. The summed E-state index contributed by atoms with van der Waals surface area (Å²) >= 11 is 1.34. The van der Waals surface area contributed by atoms with Crippen LogP contribution >= 0.6 is 11.3 Å². The fraction of sp³-hybridized carbons (Fsp3) is 0.318. The van der Waals surface area contributed by atoms with E-state index in [-0.39, 0.29) is 11.4 Å². The van der Waals surface area contributed by atoms with Crippen LogP contribution in [0.25, 0.3) is 0 Å². The maximum absolute atomic E-state index is 12.8. The zero-order valence-electron chi connectivity index (χ0n) is 17.8. The number of rotatable bonds is 3. The van der Waals surface area contributed by atoms with Crippen LogP contribution in [0.15, 0.2) is 36.5 Å². The number of thiazole rings is 1. The maximum Gasteiger partial charge on any atom is 0.433 e. The molecule has 33 heavy (non-hydrogen) atoms. The van der Waals surface area contributed by atoms with Crippen molar-refractivity contribution in [3.05, 3.63) is 52.8 Å². The number of hydrogen-bond donors (Lipinski definition) is 2. The van der Waals surface area contributed by atoms with Crippen molar-refractivity contribution in [3.63, 3.8) is 0 Å². The molecule has 11 heteroatoms. The van der Waals surface area contributed by atoms with Crippen LogP contribution < -0.4 is 20.3 Å². The molecule has 2 aliphatic rings. The topological polar surface area (TPSA) is 79.4 Å². The van der Waals surface area contributed by atoms with Gasteiger partial charge in [-0.15, -0.1) is 0 Å². The average Bonchev–Trinajstić information content (AvgIpc) is 3.16. The minimum absolute atomic E-state index is 0.122. The first-order chi connectivity index (χ1) is 15.6. The van der Waals surface area contributed by atoms with Crippen LogP contribution in [0.2, 0.25) is 0 Å². The Morgan fingerprint density at radius 3 is 2.73 bits per heavy atom. The Balaban J connectivity index is 1.43. The van der Waals surface area contributed by atoms with Gasteiger partial charge in [-0.05, 0) is 44.2 Å². The van der Waals surface area contributed by atoms with Gasteiger partial charge in [0.05, 0.1) is 29.8 Å². The van der Waals surface area contributed by atoms with Crippen LogP contribution in [-0.4, -0.2) is 34.6 Å². The molecule has 0 radical (unpaired) electrons. The lowest BCUT2D eigenvalue weighted by molar-refractivity contribution is -0.141. The second kappa shape index (κ2) is 7.62. The molecule has 7 nitrogen and oxygen atoms in total. The number of alkyl halides is 3. The molecule has 0 spiro atoms. The van der Waals surface area contributed by atoms with Gasteiger partial charge >= 0.3 is 6.18 Å². The third-order valence-electron chi connectivity index (χ3n) is 5.35. The molecule has 2 aromatic heterocycles. The third kappa shape index (κ3) is 4.20. The summed E-state index contributed by atoms with van der Waals surface area (Å²) in [6.07, 6.45) is -2.70. The molecule has 3 aromatic rings. The molecule has 0 bridgehead atoms. The number of halogens is 3. The van der Waals surface area contributed by atoms with Gasteiger partial charge in [0.25, 0.3) is 5.91 Å². The summed E-state index contributed by atoms with van der Waals surface area (Å²) in [4.78, 5) is 23.4. The normalized spacial score (nSPS) is 17.0. The van der Waals surface area contributed by atoms with Crippen molar-refractivity contribution in [1.29, 1.82) is 0 Å². The van der Waals surface area contributed by atoms with Gasteiger partial charge in [-0.1, -0.05) is 11.3 Å². The van der Waals surface area contributed by atoms with Crippen molar-refractivity contribution in [2.75, 3.05) is 23.4 Å². The minimum Gasteiger partial charge on any atom is -0.490 e. The summed E-state index contributed by atoms with van der Waals surface area (Å²) in [5.41, 5.74) is 1.32. The lowest BCUT2D eigenvalue weighted by Gasteiger charge is -2.30. The van der Waals surface area contributed by atoms with Crippen molar-refractivity contribution in [2.45, 2.75) is 32.0 Å². The van der Waals surface area contributed by atoms with Crippen molar-refractivity contribution in [3.8, 4) is 5.75 Å². The standard InChI is InChI=1S/C22H20F3N5O2S/c1-21(2)10-14-18(19(31)29-21)33-20(28-14)30-7-8-32-16-5-3-12(9-15(16)30)27-13-4-6-17(26-11-13)22(23,24)25/h3-6,9,11,27H,7-8,10H2,1-2H3,(H,29,31). The fourth-order valence-corrected chi connectivity index (χ4v) is 4.89. The van der Waals surface area contributed by atoms with Gasteiger partial charge in [-0.3, -0.25) is 4.79 Å².